The molecule has 0 saturated carbocycles. The molecule has 92 valence electrons. The van der Waals surface area contributed by atoms with Gasteiger partial charge >= 0.3 is 0 Å². The molecule has 1 amide bonds. The minimum Gasteiger partial charge on any atom is -0.351 e. The number of ketones is 1. The minimum absolute atomic E-state index is 0.0840. The molecule has 3 rings (SSSR count). The van der Waals surface area contributed by atoms with Crippen LogP contribution in [-0.2, 0) is 4.79 Å². The molecule has 1 fully saturated rings. The molecule has 0 aliphatic carbocycles. The van der Waals surface area contributed by atoms with Crippen molar-refractivity contribution < 1.29 is 9.59 Å². The second kappa shape index (κ2) is 4.29. The Hall–Kier alpha value is -2.10. The van der Waals surface area contributed by atoms with Crippen molar-refractivity contribution in [2.45, 2.75) is 12.8 Å². The van der Waals surface area contributed by atoms with Gasteiger partial charge in [-0.05, 0) is 18.6 Å². The van der Waals surface area contributed by atoms with E-state index in [0.29, 0.717) is 18.7 Å². The Balaban J connectivity index is 1.89. The van der Waals surface area contributed by atoms with E-state index in [-0.39, 0.29) is 18.2 Å². The molecule has 1 aliphatic rings. The van der Waals surface area contributed by atoms with Gasteiger partial charge in [-0.3, -0.25) is 9.59 Å². The molecule has 1 N–H and O–H groups in total. The van der Waals surface area contributed by atoms with Gasteiger partial charge in [0.15, 0.2) is 5.78 Å². The van der Waals surface area contributed by atoms with Crippen LogP contribution in [0.3, 0.4) is 0 Å². The second-order valence-corrected chi connectivity index (χ2v) is 4.64. The van der Waals surface area contributed by atoms with Crippen LogP contribution < -0.4 is 0 Å². The maximum atomic E-state index is 12.3. The standard InChI is InChI=1S/C14H14N2O2/c17-11-5-3-7-16(9-11)14(18)13-8-10-4-1-2-6-12(10)15-13/h1-2,4,6,8,15H,3,5,7,9H2. The number of nitrogens with one attached hydrogen (secondary N) is 1. The molecule has 0 atom stereocenters. The van der Waals surface area contributed by atoms with E-state index in [0.717, 1.165) is 17.3 Å². The van der Waals surface area contributed by atoms with Gasteiger partial charge in [-0.2, -0.15) is 0 Å². The summed E-state index contributed by atoms with van der Waals surface area (Å²) < 4.78 is 0. The number of carbonyl (C=O) groups is 2. The third-order valence-corrected chi connectivity index (χ3v) is 3.30. The summed E-state index contributed by atoms with van der Waals surface area (Å²) in [6.45, 7) is 0.911. The van der Waals surface area contributed by atoms with Crippen LogP contribution in [0.15, 0.2) is 30.3 Å². The molecular weight excluding hydrogens is 228 g/mol. The molecule has 1 saturated heterocycles. The van der Waals surface area contributed by atoms with Crippen molar-refractivity contribution in [1.29, 1.82) is 0 Å². The van der Waals surface area contributed by atoms with E-state index >= 15 is 0 Å². The molecule has 4 nitrogen and oxygen atoms in total. The van der Waals surface area contributed by atoms with Crippen molar-refractivity contribution in [3.8, 4) is 0 Å². The molecule has 0 bridgehead atoms. The van der Waals surface area contributed by atoms with Gasteiger partial charge in [-0.15, -0.1) is 0 Å². The van der Waals surface area contributed by atoms with E-state index in [1.807, 2.05) is 30.3 Å². The lowest BCUT2D eigenvalue weighted by Crippen LogP contribution is -2.40. The fourth-order valence-corrected chi connectivity index (χ4v) is 2.37. The Labute approximate surface area is 105 Å². The number of aromatic amines is 1. The largest absolute Gasteiger partial charge is 0.351 e. The smallest absolute Gasteiger partial charge is 0.270 e. The molecule has 1 aliphatic heterocycles. The fraction of sp³-hybridized carbons (Fsp3) is 0.286. The van der Waals surface area contributed by atoms with E-state index in [2.05, 4.69) is 4.98 Å². The summed E-state index contributed by atoms with van der Waals surface area (Å²) in [7, 11) is 0. The molecule has 0 spiro atoms. The quantitative estimate of drug-likeness (QED) is 0.831. The number of piperidine rings is 1. The number of fused-ring (bicyclic) bond motifs is 1. The third kappa shape index (κ3) is 1.90. The summed E-state index contributed by atoms with van der Waals surface area (Å²) in [6.07, 6.45) is 1.36. The summed E-state index contributed by atoms with van der Waals surface area (Å²) in [6, 6.07) is 9.61. The van der Waals surface area contributed by atoms with Crippen LogP contribution >= 0.6 is 0 Å². The minimum atomic E-state index is -0.0840. The number of H-pyrrole nitrogens is 1. The van der Waals surface area contributed by atoms with Gasteiger partial charge in [0.05, 0.1) is 6.54 Å². The Bertz CT molecular complexity index is 582. The van der Waals surface area contributed by atoms with Crippen molar-refractivity contribution in [2.24, 2.45) is 0 Å². The summed E-state index contributed by atoms with van der Waals surface area (Å²) in [5.41, 5.74) is 1.51. The first-order valence-corrected chi connectivity index (χ1v) is 6.13. The molecular formula is C14H14N2O2. The number of para-hydroxylation sites is 1. The summed E-state index contributed by atoms with van der Waals surface area (Å²) in [5, 5.41) is 1.02. The topological polar surface area (TPSA) is 53.2 Å². The normalized spacial score (nSPS) is 16.2. The lowest BCUT2D eigenvalue weighted by Gasteiger charge is -2.25. The number of nitrogens with zero attached hydrogens (tertiary/aromatic N) is 1. The second-order valence-electron chi connectivity index (χ2n) is 4.64. The first kappa shape index (κ1) is 11.0. The van der Waals surface area contributed by atoms with E-state index in [1.54, 1.807) is 4.90 Å². The first-order chi connectivity index (χ1) is 8.74. The number of Topliss-reactive ketones (excluding diaryl/α,β-unsaturated/α-hetero) is 1. The maximum Gasteiger partial charge on any atom is 0.270 e. The highest BCUT2D eigenvalue weighted by Crippen LogP contribution is 2.17. The first-order valence-electron chi connectivity index (χ1n) is 6.13. The van der Waals surface area contributed by atoms with E-state index < -0.39 is 0 Å². The predicted octanol–water partition coefficient (Wildman–Crippen LogP) is 1.97. The lowest BCUT2D eigenvalue weighted by atomic mass is 10.1. The molecule has 1 aromatic carbocycles. The third-order valence-electron chi connectivity index (χ3n) is 3.30. The van der Waals surface area contributed by atoms with E-state index in [4.69, 9.17) is 0 Å². The van der Waals surface area contributed by atoms with Crippen molar-refractivity contribution in [3.05, 3.63) is 36.0 Å². The van der Waals surface area contributed by atoms with Gasteiger partial charge in [0.25, 0.3) is 5.91 Å². The van der Waals surface area contributed by atoms with Crippen molar-refractivity contribution in [3.63, 3.8) is 0 Å². The zero-order valence-corrected chi connectivity index (χ0v) is 9.98. The van der Waals surface area contributed by atoms with Crippen LogP contribution in [0.5, 0.6) is 0 Å². The summed E-state index contributed by atoms with van der Waals surface area (Å²) >= 11 is 0. The monoisotopic (exact) mass is 242 g/mol. The van der Waals surface area contributed by atoms with Gasteiger partial charge in [0.2, 0.25) is 0 Å². The highest BCUT2D eigenvalue weighted by molar-refractivity contribution is 6.00. The number of benzene rings is 1. The molecule has 0 radical (unpaired) electrons. The SMILES string of the molecule is O=C1CCCN(C(=O)c2cc3ccccc3[nH]2)C1. The van der Waals surface area contributed by atoms with Crippen LogP contribution in [-0.4, -0.2) is 34.7 Å². The molecule has 1 aromatic heterocycles. The zero-order chi connectivity index (χ0) is 12.5. The average molecular weight is 242 g/mol. The number of hydrogen-bond donors (Lipinski definition) is 1. The van der Waals surface area contributed by atoms with Gasteiger partial charge in [-0.25, -0.2) is 0 Å². The maximum absolute atomic E-state index is 12.3. The van der Waals surface area contributed by atoms with Crippen LogP contribution in [0.25, 0.3) is 10.9 Å². The molecule has 2 aromatic rings. The van der Waals surface area contributed by atoms with E-state index in [9.17, 15) is 9.59 Å². The number of aromatic nitrogens is 1. The van der Waals surface area contributed by atoms with Crippen molar-refractivity contribution in [2.75, 3.05) is 13.1 Å². The van der Waals surface area contributed by atoms with Gasteiger partial charge in [0, 0.05) is 23.9 Å². The van der Waals surface area contributed by atoms with Gasteiger partial charge in [-0.1, -0.05) is 18.2 Å². The predicted molar refractivity (Wildman–Crippen MR) is 68.4 cm³/mol. The summed E-state index contributed by atoms with van der Waals surface area (Å²) in [5.74, 6) is 0.0601. The Kier molecular flexibility index (Phi) is 2.63. The average Bonchev–Trinajstić information content (AvgIpc) is 2.81. The van der Waals surface area contributed by atoms with Crippen LogP contribution in [0.1, 0.15) is 23.3 Å². The van der Waals surface area contributed by atoms with Gasteiger partial charge < -0.3 is 9.88 Å². The molecule has 2 heterocycles. The van der Waals surface area contributed by atoms with Crippen molar-refractivity contribution >= 4 is 22.6 Å². The Morgan fingerprint density at radius 2 is 2.11 bits per heavy atom. The van der Waals surface area contributed by atoms with Gasteiger partial charge in [0.1, 0.15) is 5.69 Å². The number of hydrogen-bond acceptors (Lipinski definition) is 2. The Morgan fingerprint density at radius 3 is 2.89 bits per heavy atom. The fourth-order valence-electron chi connectivity index (χ4n) is 2.37. The van der Waals surface area contributed by atoms with Crippen LogP contribution in [0.4, 0.5) is 0 Å². The lowest BCUT2D eigenvalue weighted by molar-refractivity contribution is -0.121. The number of likely N-dealkylation sites (tertiary alicyclic amines) is 1. The Morgan fingerprint density at radius 1 is 1.28 bits per heavy atom. The molecule has 18 heavy (non-hydrogen) atoms. The number of rotatable bonds is 1. The van der Waals surface area contributed by atoms with E-state index in [1.165, 1.54) is 0 Å². The number of carbonyl (C=O) groups excluding carboxylic acids is 2. The highest BCUT2D eigenvalue weighted by atomic mass is 16.2. The number of amides is 1. The highest BCUT2D eigenvalue weighted by Gasteiger charge is 2.23. The zero-order valence-electron chi connectivity index (χ0n) is 9.98. The molecule has 0 unspecified atom stereocenters. The summed E-state index contributed by atoms with van der Waals surface area (Å²) in [4.78, 5) is 28.4. The van der Waals surface area contributed by atoms with Crippen LogP contribution in [0.2, 0.25) is 0 Å². The van der Waals surface area contributed by atoms with Crippen LogP contribution in [0, 0.1) is 0 Å². The molecule has 4 heteroatoms. The van der Waals surface area contributed by atoms with Crippen molar-refractivity contribution in [1.82, 2.24) is 9.88 Å².